The summed E-state index contributed by atoms with van der Waals surface area (Å²) in [6, 6.07) is 0. The van der Waals surface area contributed by atoms with Crippen molar-refractivity contribution in [2.24, 2.45) is 0 Å². The van der Waals surface area contributed by atoms with Gasteiger partial charge in [-0.25, -0.2) is 0 Å². The first-order valence-corrected chi connectivity index (χ1v) is 3.00. The second-order valence-corrected chi connectivity index (χ2v) is 2.29. The average Bonchev–Trinajstić information content (AvgIpc) is 2.19. The van der Waals surface area contributed by atoms with Gasteiger partial charge in [-0.3, -0.25) is 0 Å². The van der Waals surface area contributed by atoms with Gasteiger partial charge in [0.05, 0.1) is 12.9 Å². The number of aliphatic hydroxyl groups excluding tert-OH is 1. The van der Waals surface area contributed by atoms with E-state index in [-0.39, 0.29) is 12.2 Å². The van der Waals surface area contributed by atoms with Gasteiger partial charge in [-0.1, -0.05) is 0 Å². The van der Waals surface area contributed by atoms with Crippen molar-refractivity contribution >= 4 is 0 Å². The summed E-state index contributed by atoms with van der Waals surface area (Å²) in [5.41, 5.74) is 0. The van der Waals surface area contributed by atoms with Crippen LogP contribution in [0.15, 0.2) is 12.3 Å². The van der Waals surface area contributed by atoms with Gasteiger partial charge in [-0.15, -0.1) is 0 Å². The van der Waals surface area contributed by atoms with E-state index < -0.39 is 6.10 Å². The summed E-state index contributed by atoms with van der Waals surface area (Å²) in [7, 11) is 0. The van der Waals surface area contributed by atoms with Gasteiger partial charge < -0.3 is 14.6 Å². The van der Waals surface area contributed by atoms with E-state index in [9.17, 15) is 5.11 Å². The maximum Gasteiger partial charge on any atom is 0.150 e. The van der Waals surface area contributed by atoms with Crippen LogP contribution in [-0.2, 0) is 9.47 Å². The minimum absolute atomic E-state index is 0.122. The van der Waals surface area contributed by atoms with Crippen molar-refractivity contribution in [1.82, 2.24) is 0 Å². The summed E-state index contributed by atoms with van der Waals surface area (Å²) >= 11 is 0. The molecule has 2 rings (SSSR count). The lowest BCUT2D eigenvalue weighted by Crippen LogP contribution is -2.32. The Labute approximate surface area is 52.9 Å². The number of hydrogen-bond acceptors (Lipinski definition) is 3. The number of ether oxygens (including phenoxy) is 2. The molecule has 0 spiro atoms. The SMILES string of the molecule is OC1C2C=COC1CO2. The first-order valence-electron chi connectivity index (χ1n) is 3.00. The Morgan fingerprint density at radius 1 is 1.56 bits per heavy atom. The molecule has 3 heteroatoms. The highest BCUT2D eigenvalue weighted by molar-refractivity contribution is 5.01. The van der Waals surface area contributed by atoms with Gasteiger partial charge in [0.2, 0.25) is 0 Å². The lowest BCUT2D eigenvalue weighted by molar-refractivity contribution is 0.0178. The molecule has 2 bridgehead atoms. The van der Waals surface area contributed by atoms with Crippen LogP contribution >= 0.6 is 0 Å². The topological polar surface area (TPSA) is 38.7 Å². The fourth-order valence-corrected chi connectivity index (χ4v) is 1.13. The zero-order valence-corrected chi connectivity index (χ0v) is 4.86. The van der Waals surface area contributed by atoms with Crippen molar-refractivity contribution in [3.05, 3.63) is 12.3 Å². The Hall–Kier alpha value is -0.540. The van der Waals surface area contributed by atoms with Crippen LogP contribution in [-0.4, -0.2) is 30.0 Å². The standard InChI is InChI=1S/C6H8O3/c7-6-4-1-2-8-5(6)3-9-4/h1-2,4-7H,3H2. The molecule has 2 aliphatic rings. The molecule has 0 aliphatic carbocycles. The Balaban J connectivity index is 2.22. The molecule has 2 heterocycles. The Kier molecular flexibility index (Phi) is 1.00. The predicted octanol–water partition coefficient (Wildman–Crippen LogP) is -0.341. The summed E-state index contributed by atoms with van der Waals surface area (Å²) in [6.07, 6.45) is 2.63. The molecule has 1 N–H and O–H groups in total. The van der Waals surface area contributed by atoms with Gasteiger partial charge in [-0.05, 0) is 6.08 Å². The molecule has 0 aromatic carbocycles. The molecule has 0 aromatic heterocycles. The minimum atomic E-state index is -0.449. The van der Waals surface area contributed by atoms with Crippen LogP contribution in [0.25, 0.3) is 0 Å². The molecular weight excluding hydrogens is 120 g/mol. The number of rotatable bonds is 0. The van der Waals surface area contributed by atoms with Crippen molar-refractivity contribution in [1.29, 1.82) is 0 Å². The molecule has 9 heavy (non-hydrogen) atoms. The molecule has 0 amide bonds. The minimum Gasteiger partial charge on any atom is -0.493 e. The van der Waals surface area contributed by atoms with E-state index in [4.69, 9.17) is 9.47 Å². The Bertz CT molecular complexity index is 143. The molecule has 0 radical (unpaired) electrons. The normalized spacial score (nSPS) is 47.0. The van der Waals surface area contributed by atoms with Gasteiger partial charge in [0.1, 0.15) is 18.3 Å². The zero-order valence-electron chi connectivity index (χ0n) is 4.86. The summed E-state index contributed by atoms with van der Waals surface area (Å²) in [5, 5.41) is 9.21. The van der Waals surface area contributed by atoms with Crippen LogP contribution in [0.1, 0.15) is 0 Å². The van der Waals surface area contributed by atoms with Gasteiger partial charge >= 0.3 is 0 Å². The highest BCUT2D eigenvalue weighted by atomic mass is 16.6. The number of aliphatic hydroxyl groups is 1. The fourth-order valence-electron chi connectivity index (χ4n) is 1.13. The van der Waals surface area contributed by atoms with Crippen LogP contribution in [0.3, 0.4) is 0 Å². The largest absolute Gasteiger partial charge is 0.493 e. The van der Waals surface area contributed by atoms with Crippen LogP contribution in [0, 0.1) is 0 Å². The van der Waals surface area contributed by atoms with Gasteiger partial charge in [0.25, 0.3) is 0 Å². The third-order valence-corrected chi connectivity index (χ3v) is 1.69. The van der Waals surface area contributed by atoms with Gasteiger partial charge in [0.15, 0.2) is 0 Å². The molecule has 1 fully saturated rings. The second-order valence-electron chi connectivity index (χ2n) is 2.29. The summed E-state index contributed by atoms with van der Waals surface area (Å²) in [4.78, 5) is 0. The lowest BCUT2D eigenvalue weighted by Gasteiger charge is -2.18. The molecule has 2 aliphatic heterocycles. The van der Waals surface area contributed by atoms with Crippen molar-refractivity contribution < 1.29 is 14.6 Å². The van der Waals surface area contributed by atoms with Crippen molar-refractivity contribution in [2.45, 2.75) is 18.3 Å². The average molecular weight is 128 g/mol. The smallest absolute Gasteiger partial charge is 0.150 e. The van der Waals surface area contributed by atoms with Gasteiger partial charge in [0, 0.05) is 0 Å². The van der Waals surface area contributed by atoms with E-state index in [2.05, 4.69) is 0 Å². The van der Waals surface area contributed by atoms with Crippen molar-refractivity contribution in [2.75, 3.05) is 6.61 Å². The first kappa shape index (κ1) is 5.26. The number of hydrogen-bond donors (Lipinski definition) is 1. The summed E-state index contributed by atoms with van der Waals surface area (Å²) in [5.74, 6) is 0. The first-order chi connectivity index (χ1) is 4.38. The quantitative estimate of drug-likeness (QED) is 0.485. The van der Waals surface area contributed by atoms with Gasteiger partial charge in [-0.2, -0.15) is 0 Å². The lowest BCUT2D eigenvalue weighted by atomic mass is 10.1. The van der Waals surface area contributed by atoms with Crippen LogP contribution in [0.4, 0.5) is 0 Å². The van der Waals surface area contributed by atoms with Crippen molar-refractivity contribution in [3.63, 3.8) is 0 Å². The highest BCUT2D eigenvalue weighted by Crippen LogP contribution is 2.22. The third-order valence-electron chi connectivity index (χ3n) is 1.69. The van der Waals surface area contributed by atoms with E-state index in [1.54, 1.807) is 12.3 Å². The van der Waals surface area contributed by atoms with Crippen LogP contribution < -0.4 is 0 Å². The molecule has 3 unspecified atom stereocenters. The van der Waals surface area contributed by atoms with Crippen LogP contribution in [0.2, 0.25) is 0 Å². The Morgan fingerprint density at radius 2 is 2.44 bits per heavy atom. The monoisotopic (exact) mass is 128 g/mol. The molecule has 50 valence electrons. The van der Waals surface area contributed by atoms with E-state index in [1.165, 1.54) is 0 Å². The maximum absolute atomic E-state index is 9.21. The van der Waals surface area contributed by atoms with E-state index >= 15 is 0 Å². The maximum atomic E-state index is 9.21. The van der Waals surface area contributed by atoms with E-state index in [0.717, 1.165) is 0 Å². The molecule has 0 aromatic rings. The number of fused-ring (bicyclic) bond motifs is 2. The predicted molar refractivity (Wildman–Crippen MR) is 29.8 cm³/mol. The molecule has 3 nitrogen and oxygen atoms in total. The fraction of sp³-hybridized carbons (Fsp3) is 0.667. The van der Waals surface area contributed by atoms with E-state index in [1.807, 2.05) is 0 Å². The zero-order chi connectivity index (χ0) is 6.27. The summed E-state index contributed by atoms with van der Waals surface area (Å²) in [6.45, 7) is 0.513. The van der Waals surface area contributed by atoms with Crippen LogP contribution in [0.5, 0.6) is 0 Å². The molecule has 3 atom stereocenters. The third kappa shape index (κ3) is 0.653. The second kappa shape index (κ2) is 1.72. The Morgan fingerprint density at radius 3 is 3.11 bits per heavy atom. The van der Waals surface area contributed by atoms with E-state index in [0.29, 0.717) is 6.61 Å². The highest BCUT2D eigenvalue weighted by Gasteiger charge is 2.37. The molecular formula is C6H8O3. The molecule has 0 saturated carbocycles. The van der Waals surface area contributed by atoms with Crippen molar-refractivity contribution in [3.8, 4) is 0 Å². The summed E-state index contributed by atoms with van der Waals surface area (Å²) < 4.78 is 10.2. The molecule has 1 saturated heterocycles.